The molecule has 1 heterocycles. The van der Waals surface area contributed by atoms with Gasteiger partial charge in [-0.1, -0.05) is 25.1 Å². The molecule has 1 atom stereocenters. The van der Waals surface area contributed by atoms with Crippen LogP contribution in [0, 0.1) is 0 Å². The van der Waals surface area contributed by atoms with Gasteiger partial charge < -0.3 is 5.32 Å². The largest absolute Gasteiger partial charge is 0.313 e. The Morgan fingerprint density at radius 1 is 1.24 bits per heavy atom. The Morgan fingerprint density at radius 2 is 2.10 bits per heavy atom. The molecule has 114 valence electrons. The second kappa shape index (κ2) is 9.67. The molecule has 1 aromatic heterocycles. The molecule has 1 N–H and O–H groups in total. The van der Waals surface area contributed by atoms with Crippen LogP contribution in [0.4, 0.5) is 0 Å². The quantitative estimate of drug-likeness (QED) is 0.565. The van der Waals surface area contributed by atoms with E-state index in [-0.39, 0.29) is 0 Å². The molecule has 4 heteroatoms. The van der Waals surface area contributed by atoms with Crippen molar-refractivity contribution in [3.8, 4) is 0 Å². The van der Waals surface area contributed by atoms with Crippen LogP contribution in [0.25, 0.3) is 0 Å². The van der Waals surface area contributed by atoms with E-state index in [2.05, 4.69) is 69.9 Å². The minimum Gasteiger partial charge on any atom is -0.313 e. The summed E-state index contributed by atoms with van der Waals surface area (Å²) in [6.07, 6.45) is 3.57. The molecule has 1 unspecified atom stereocenters. The molecule has 21 heavy (non-hydrogen) atoms. The van der Waals surface area contributed by atoms with Crippen LogP contribution < -0.4 is 5.32 Å². The van der Waals surface area contributed by atoms with Crippen LogP contribution in [0.2, 0.25) is 0 Å². The lowest BCUT2D eigenvalue weighted by Gasteiger charge is -2.18. The standard InChI is InChI=1S/C17H22BrNS2/c1-2-11-19-14(9-10-15-6-5-12-20-15)13-21-17-8-4-3-7-16(17)18/h3-8,12,14,19H,2,9-11,13H2,1H3. The highest BCUT2D eigenvalue weighted by Gasteiger charge is 2.10. The molecule has 0 fully saturated rings. The zero-order valence-electron chi connectivity index (χ0n) is 12.3. The summed E-state index contributed by atoms with van der Waals surface area (Å²) in [6.45, 7) is 3.33. The van der Waals surface area contributed by atoms with Crippen LogP contribution in [-0.4, -0.2) is 18.3 Å². The fourth-order valence-electron chi connectivity index (χ4n) is 2.12. The van der Waals surface area contributed by atoms with Crippen molar-refractivity contribution in [2.24, 2.45) is 0 Å². The summed E-state index contributed by atoms with van der Waals surface area (Å²) in [5.74, 6) is 1.12. The maximum absolute atomic E-state index is 3.69. The zero-order valence-corrected chi connectivity index (χ0v) is 15.6. The van der Waals surface area contributed by atoms with Crippen molar-refractivity contribution in [2.75, 3.05) is 12.3 Å². The van der Waals surface area contributed by atoms with E-state index in [9.17, 15) is 0 Å². The Bertz CT molecular complexity index is 513. The van der Waals surface area contributed by atoms with Gasteiger partial charge in [0.05, 0.1) is 0 Å². The lowest BCUT2D eigenvalue weighted by Crippen LogP contribution is -2.32. The van der Waals surface area contributed by atoms with Gasteiger partial charge in [-0.2, -0.15) is 0 Å². The summed E-state index contributed by atoms with van der Waals surface area (Å²) in [6, 6.07) is 13.4. The van der Waals surface area contributed by atoms with E-state index in [1.54, 1.807) is 0 Å². The molecule has 0 bridgehead atoms. The fraction of sp³-hybridized carbons (Fsp3) is 0.412. The van der Waals surface area contributed by atoms with Crippen molar-refractivity contribution in [2.45, 2.75) is 37.1 Å². The van der Waals surface area contributed by atoms with E-state index in [0.29, 0.717) is 6.04 Å². The first-order valence-electron chi connectivity index (χ1n) is 7.42. The van der Waals surface area contributed by atoms with E-state index >= 15 is 0 Å². The van der Waals surface area contributed by atoms with Crippen molar-refractivity contribution in [1.82, 2.24) is 5.32 Å². The summed E-state index contributed by atoms with van der Waals surface area (Å²) in [5.41, 5.74) is 0. The molecule has 0 saturated carbocycles. The predicted molar refractivity (Wildman–Crippen MR) is 99.6 cm³/mol. The predicted octanol–water partition coefficient (Wildman–Crippen LogP) is 5.60. The van der Waals surface area contributed by atoms with Gasteiger partial charge in [-0.25, -0.2) is 0 Å². The molecular formula is C17H22BrNS2. The van der Waals surface area contributed by atoms with Crippen LogP contribution in [0.15, 0.2) is 51.1 Å². The monoisotopic (exact) mass is 383 g/mol. The number of hydrogen-bond donors (Lipinski definition) is 1. The highest BCUT2D eigenvalue weighted by molar-refractivity contribution is 9.10. The summed E-state index contributed by atoms with van der Waals surface area (Å²) in [4.78, 5) is 2.82. The molecule has 0 amide bonds. The molecule has 0 saturated heterocycles. The van der Waals surface area contributed by atoms with Crippen molar-refractivity contribution >= 4 is 39.0 Å². The molecule has 0 aliphatic heterocycles. The molecule has 1 nitrogen and oxygen atoms in total. The second-order valence-corrected chi connectivity index (χ2v) is 7.96. The molecule has 0 spiro atoms. The van der Waals surface area contributed by atoms with Crippen LogP contribution in [-0.2, 0) is 6.42 Å². The molecule has 0 radical (unpaired) electrons. The van der Waals surface area contributed by atoms with Gasteiger partial charge >= 0.3 is 0 Å². The fourth-order valence-corrected chi connectivity index (χ4v) is 4.52. The summed E-state index contributed by atoms with van der Waals surface area (Å²) in [5, 5.41) is 5.86. The number of aryl methyl sites for hydroxylation is 1. The number of thioether (sulfide) groups is 1. The first-order valence-corrected chi connectivity index (χ1v) is 10.1. The minimum absolute atomic E-state index is 0.573. The maximum atomic E-state index is 3.69. The Balaban J connectivity index is 1.85. The van der Waals surface area contributed by atoms with E-state index in [1.165, 1.54) is 33.5 Å². The van der Waals surface area contributed by atoms with Crippen molar-refractivity contribution in [3.05, 3.63) is 51.1 Å². The van der Waals surface area contributed by atoms with Crippen molar-refractivity contribution in [1.29, 1.82) is 0 Å². The Kier molecular flexibility index (Phi) is 7.86. The number of hydrogen-bond acceptors (Lipinski definition) is 3. The van der Waals surface area contributed by atoms with E-state index in [4.69, 9.17) is 0 Å². The van der Waals surface area contributed by atoms with Crippen LogP contribution >= 0.6 is 39.0 Å². The smallest absolute Gasteiger partial charge is 0.0311 e. The third kappa shape index (κ3) is 6.15. The van der Waals surface area contributed by atoms with Gasteiger partial charge in [-0.05, 0) is 65.3 Å². The normalized spacial score (nSPS) is 12.5. The molecule has 2 rings (SSSR count). The van der Waals surface area contributed by atoms with Gasteiger partial charge in [0.1, 0.15) is 0 Å². The Labute approximate surface area is 144 Å². The maximum Gasteiger partial charge on any atom is 0.0311 e. The number of benzene rings is 1. The minimum atomic E-state index is 0.573. The number of thiophene rings is 1. The van der Waals surface area contributed by atoms with Crippen molar-refractivity contribution in [3.63, 3.8) is 0 Å². The van der Waals surface area contributed by atoms with Gasteiger partial charge in [0, 0.05) is 26.0 Å². The van der Waals surface area contributed by atoms with Gasteiger partial charge in [-0.3, -0.25) is 0 Å². The Hall–Kier alpha value is -0.290. The molecule has 1 aromatic carbocycles. The number of nitrogens with one attached hydrogen (secondary N) is 1. The van der Waals surface area contributed by atoms with Crippen molar-refractivity contribution < 1.29 is 0 Å². The summed E-state index contributed by atoms with van der Waals surface area (Å²) < 4.78 is 1.20. The van der Waals surface area contributed by atoms with E-state index in [0.717, 1.165) is 12.3 Å². The average Bonchev–Trinajstić information content (AvgIpc) is 3.01. The van der Waals surface area contributed by atoms with Gasteiger partial charge in [-0.15, -0.1) is 23.1 Å². The molecule has 2 aromatic rings. The van der Waals surface area contributed by atoms with Crippen LogP contribution in [0.3, 0.4) is 0 Å². The molecule has 0 aliphatic rings. The lowest BCUT2D eigenvalue weighted by molar-refractivity contribution is 0.521. The third-order valence-corrected chi connectivity index (χ3v) is 6.41. The SMILES string of the molecule is CCCNC(CCc1cccs1)CSc1ccccc1Br. The lowest BCUT2D eigenvalue weighted by atomic mass is 10.1. The average molecular weight is 384 g/mol. The highest BCUT2D eigenvalue weighted by atomic mass is 79.9. The number of halogens is 1. The summed E-state index contributed by atoms with van der Waals surface area (Å²) >= 11 is 7.43. The molecular weight excluding hydrogens is 362 g/mol. The third-order valence-electron chi connectivity index (χ3n) is 3.28. The second-order valence-electron chi connectivity index (χ2n) is 5.01. The number of rotatable bonds is 9. The van der Waals surface area contributed by atoms with E-state index in [1.807, 2.05) is 23.1 Å². The van der Waals surface area contributed by atoms with Crippen LogP contribution in [0.1, 0.15) is 24.6 Å². The first-order chi connectivity index (χ1) is 10.3. The van der Waals surface area contributed by atoms with E-state index < -0.39 is 0 Å². The van der Waals surface area contributed by atoms with Gasteiger partial charge in [0.15, 0.2) is 0 Å². The highest BCUT2D eigenvalue weighted by Crippen LogP contribution is 2.28. The van der Waals surface area contributed by atoms with Crippen LogP contribution in [0.5, 0.6) is 0 Å². The summed E-state index contributed by atoms with van der Waals surface area (Å²) in [7, 11) is 0. The molecule has 0 aliphatic carbocycles. The Morgan fingerprint density at radius 3 is 2.81 bits per heavy atom. The van der Waals surface area contributed by atoms with Gasteiger partial charge in [0.25, 0.3) is 0 Å². The first kappa shape index (κ1) is 17.1. The zero-order chi connectivity index (χ0) is 14.9. The van der Waals surface area contributed by atoms with Gasteiger partial charge in [0.2, 0.25) is 0 Å². The topological polar surface area (TPSA) is 12.0 Å².